The number of anilines is 4. The summed E-state index contributed by atoms with van der Waals surface area (Å²) >= 11 is 5.91. The maximum absolute atomic E-state index is 5.91. The zero-order valence-electron chi connectivity index (χ0n) is 13.2. The van der Waals surface area contributed by atoms with Gasteiger partial charge in [-0.3, -0.25) is 0 Å². The van der Waals surface area contributed by atoms with Gasteiger partial charge in [-0.2, -0.15) is 9.97 Å². The first-order valence-electron chi connectivity index (χ1n) is 7.71. The number of hydrogen-bond donors (Lipinski definition) is 2. The second-order valence-electron chi connectivity index (χ2n) is 5.75. The van der Waals surface area contributed by atoms with Crippen molar-refractivity contribution in [2.75, 3.05) is 49.2 Å². The second kappa shape index (κ2) is 7.02. The van der Waals surface area contributed by atoms with Gasteiger partial charge in [0.1, 0.15) is 11.6 Å². The predicted molar refractivity (Wildman–Crippen MR) is 95.5 cm³/mol. The number of nitrogens with zero attached hydrogens (tertiary/aromatic N) is 4. The molecule has 0 saturated carbocycles. The minimum Gasteiger partial charge on any atom is -0.368 e. The molecule has 1 aliphatic heterocycles. The first-order valence-corrected chi connectivity index (χ1v) is 8.08. The van der Waals surface area contributed by atoms with Crippen molar-refractivity contribution < 1.29 is 0 Å². The van der Waals surface area contributed by atoms with E-state index in [0.717, 1.165) is 44.1 Å². The van der Waals surface area contributed by atoms with Crippen LogP contribution in [-0.2, 0) is 0 Å². The van der Waals surface area contributed by atoms with Crippen molar-refractivity contribution in [2.24, 2.45) is 0 Å². The molecule has 0 spiro atoms. The molecule has 122 valence electrons. The van der Waals surface area contributed by atoms with Gasteiger partial charge < -0.3 is 20.9 Å². The Morgan fingerprint density at radius 1 is 1.09 bits per heavy atom. The smallest absolute Gasteiger partial charge is 0.223 e. The number of halogens is 1. The Balaban J connectivity index is 1.79. The highest BCUT2D eigenvalue weighted by Gasteiger charge is 2.15. The number of nitrogens with two attached hydrogens (primary N) is 1. The van der Waals surface area contributed by atoms with Crippen molar-refractivity contribution in [3.8, 4) is 0 Å². The van der Waals surface area contributed by atoms with Crippen LogP contribution in [0.2, 0.25) is 5.02 Å². The molecule has 1 saturated heterocycles. The number of benzene rings is 1. The summed E-state index contributed by atoms with van der Waals surface area (Å²) in [4.78, 5) is 13.3. The van der Waals surface area contributed by atoms with Crippen LogP contribution in [0.5, 0.6) is 0 Å². The summed E-state index contributed by atoms with van der Waals surface area (Å²) in [7, 11) is 2.14. The van der Waals surface area contributed by atoms with Gasteiger partial charge >= 0.3 is 0 Å². The third kappa shape index (κ3) is 4.24. The lowest BCUT2D eigenvalue weighted by Gasteiger charge is -2.22. The van der Waals surface area contributed by atoms with Crippen molar-refractivity contribution in [1.29, 1.82) is 0 Å². The third-order valence-corrected chi connectivity index (χ3v) is 4.14. The minimum absolute atomic E-state index is 0.275. The Hall–Kier alpha value is -2.05. The van der Waals surface area contributed by atoms with Gasteiger partial charge in [-0.15, -0.1) is 0 Å². The van der Waals surface area contributed by atoms with Crippen molar-refractivity contribution in [3.63, 3.8) is 0 Å². The molecule has 3 rings (SSSR count). The lowest BCUT2D eigenvalue weighted by molar-refractivity contribution is 0.360. The van der Waals surface area contributed by atoms with Crippen LogP contribution >= 0.6 is 11.6 Å². The molecular formula is C16H21ClN6. The average Bonchev–Trinajstić information content (AvgIpc) is 2.74. The predicted octanol–water partition coefficient (Wildman–Crippen LogP) is 2.60. The molecule has 0 aliphatic carbocycles. The van der Waals surface area contributed by atoms with E-state index in [1.54, 1.807) is 0 Å². The van der Waals surface area contributed by atoms with Gasteiger partial charge in [0.05, 0.1) is 0 Å². The van der Waals surface area contributed by atoms with E-state index >= 15 is 0 Å². The van der Waals surface area contributed by atoms with E-state index < -0.39 is 0 Å². The number of hydrogen-bond acceptors (Lipinski definition) is 6. The Kier molecular flexibility index (Phi) is 4.83. The molecular weight excluding hydrogens is 312 g/mol. The van der Waals surface area contributed by atoms with Crippen LogP contribution in [0.25, 0.3) is 0 Å². The van der Waals surface area contributed by atoms with Gasteiger partial charge in [-0.1, -0.05) is 11.6 Å². The van der Waals surface area contributed by atoms with E-state index in [4.69, 9.17) is 17.3 Å². The largest absolute Gasteiger partial charge is 0.368 e. The quantitative estimate of drug-likeness (QED) is 0.900. The Morgan fingerprint density at radius 2 is 1.87 bits per heavy atom. The van der Waals surface area contributed by atoms with E-state index in [2.05, 4.69) is 32.1 Å². The molecule has 7 heteroatoms. The highest BCUT2D eigenvalue weighted by molar-refractivity contribution is 6.30. The SMILES string of the molecule is CN1CCCN(c2cc(Nc3ccc(Cl)cc3)nc(N)n2)CC1. The van der Waals surface area contributed by atoms with E-state index in [-0.39, 0.29) is 5.95 Å². The minimum atomic E-state index is 0.275. The summed E-state index contributed by atoms with van der Waals surface area (Å²) in [5, 5.41) is 3.95. The Labute approximate surface area is 141 Å². The molecule has 0 unspecified atom stereocenters. The van der Waals surface area contributed by atoms with Gasteiger partial charge in [0.2, 0.25) is 5.95 Å². The lowest BCUT2D eigenvalue weighted by atomic mass is 10.3. The highest BCUT2D eigenvalue weighted by Crippen LogP contribution is 2.22. The van der Waals surface area contributed by atoms with Gasteiger partial charge in [-0.05, 0) is 44.3 Å². The van der Waals surface area contributed by atoms with E-state index in [9.17, 15) is 0 Å². The van der Waals surface area contributed by atoms with Crippen LogP contribution in [0.1, 0.15) is 6.42 Å². The fourth-order valence-corrected chi connectivity index (χ4v) is 2.76. The van der Waals surface area contributed by atoms with Crippen LogP contribution in [-0.4, -0.2) is 48.1 Å². The molecule has 2 aromatic rings. The first kappa shape index (κ1) is 15.8. The summed E-state index contributed by atoms with van der Waals surface area (Å²) in [6, 6.07) is 9.42. The molecule has 1 aromatic carbocycles. The fraction of sp³-hybridized carbons (Fsp3) is 0.375. The van der Waals surface area contributed by atoms with E-state index in [0.29, 0.717) is 10.8 Å². The highest BCUT2D eigenvalue weighted by atomic mass is 35.5. The van der Waals surface area contributed by atoms with Crippen LogP contribution < -0.4 is 16.0 Å². The standard InChI is InChI=1S/C16H21ClN6/c1-22-7-2-8-23(10-9-22)15-11-14(20-16(18)21-15)19-13-5-3-12(17)4-6-13/h3-6,11H,2,7-10H2,1H3,(H3,18,19,20,21). The third-order valence-electron chi connectivity index (χ3n) is 3.89. The van der Waals surface area contributed by atoms with E-state index in [1.807, 2.05) is 30.3 Å². The normalized spacial score (nSPS) is 16.2. The second-order valence-corrected chi connectivity index (χ2v) is 6.18. The number of nitrogen functional groups attached to an aromatic ring is 1. The Bertz CT molecular complexity index is 660. The molecule has 2 heterocycles. The number of likely N-dealkylation sites (N-methyl/N-ethyl adjacent to an activating group) is 1. The molecule has 3 N–H and O–H groups in total. The molecule has 0 radical (unpaired) electrons. The molecule has 0 atom stereocenters. The summed E-state index contributed by atoms with van der Waals surface area (Å²) in [5.41, 5.74) is 6.80. The van der Waals surface area contributed by atoms with Crippen molar-refractivity contribution in [3.05, 3.63) is 35.4 Å². The monoisotopic (exact) mass is 332 g/mol. The molecule has 0 bridgehead atoms. The molecule has 0 amide bonds. The first-order chi connectivity index (χ1) is 11.1. The average molecular weight is 333 g/mol. The number of nitrogens with one attached hydrogen (secondary N) is 1. The molecule has 23 heavy (non-hydrogen) atoms. The number of rotatable bonds is 3. The topological polar surface area (TPSA) is 70.3 Å². The van der Waals surface area contributed by atoms with Gasteiger partial charge in [0.15, 0.2) is 0 Å². The van der Waals surface area contributed by atoms with Crippen LogP contribution in [0, 0.1) is 0 Å². The van der Waals surface area contributed by atoms with E-state index in [1.165, 1.54) is 0 Å². The zero-order chi connectivity index (χ0) is 16.2. The van der Waals surface area contributed by atoms with Gasteiger partial charge in [0, 0.05) is 36.4 Å². The van der Waals surface area contributed by atoms with Crippen LogP contribution in [0.15, 0.2) is 30.3 Å². The molecule has 1 aromatic heterocycles. The fourth-order valence-electron chi connectivity index (χ4n) is 2.64. The summed E-state index contributed by atoms with van der Waals surface area (Å²) in [6.07, 6.45) is 1.11. The van der Waals surface area contributed by atoms with Crippen molar-refractivity contribution >= 4 is 34.9 Å². The maximum atomic E-state index is 5.91. The summed E-state index contributed by atoms with van der Waals surface area (Å²) in [5.74, 6) is 1.83. The molecule has 1 fully saturated rings. The molecule has 1 aliphatic rings. The van der Waals surface area contributed by atoms with Crippen LogP contribution in [0.4, 0.5) is 23.3 Å². The van der Waals surface area contributed by atoms with Gasteiger partial charge in [0.25, 0.3) is 0 Å². The van der Waals surface area contributed by atoms with Crippen molar-refractivity contribution in [1.82, 2.24) is 14.9 Å². The molecule has 6 nitrogen and oxygen atoms in total. The summed E-state index contributed by atoms with van der Waals surface area (Å²) < 4.78 is 0. The zero-order valence-corrected chi connectivity index (χ0v) is 13.9. The number of aromatic nitrogens is 2. The van der Waals surface area contributed by atoms with Gasteiger partial charge in [-0.25, -0.2) is 0 Å². The maximum Gasteiger partial charge on any atom is 0.223 e. The lowest BCUT2D eigenvalue weighted by Crippen LogP contribution is -2.29. The summed E-state index contributed by atoms with van der Waals surface area (Å²) in [6.45, 7) is 4.03. The van der Waals surface area contributed by atoms with Crippen LogP contribution in [0.3, 0.4) is 0 Å². The van der Waals surface area contributed by atoms with Crippen molar-refractivity contribution in [2.45, 2.75) is 6.42 Å². The Morgan fingerprint density at radius 3 is 2.65 bits per heavy atom.